The van der Waals surface area contributed by atoms with Crippen LogP contribution in [0.15, 0.2) is 24.3 Å². The molecular formula is C17H19NO5. The van der Waals surface area contributed by atoms with E-state index in [0.717, 1.165) is 19.3 Å². The predicted molar refractivity (Wildman–Crippen MR) is 81.9 cm³/mol. The first-order chi connectivity index (χ1) is 11.0. The third kappa shape index (κ3) is 2.81. The van der Waals surface area contributed by atoms with Gasteiger partial charge in [-0.3, -0.25) is 9.59 Å². The highest BCUT2D eigenvalue weighted by molar-refractivity contribution is 5.96. The van der Waals surface area contributed by atoms with E-state index in [1.807, 2.05) is 0 Å². The lowest BCUT2D eigenvalue weighted by molar-refractivity contribution is -0.148. The van der Waals surface area contributed by atoms with Gasteiger partial charge in [0.15, 0.2) is 0 Å². The minimum absolute atomic E-state index is 0.120. The molecule has 2 aliphatic carbocycles. The number of methoxy groups -OCH3 is 1. The smallest absolute Gasteiger partial charge is 0.337 e. The van der Waals surface area contributed by atoms with Crippen molar-refractivity contribution in [1.29, 1.82) is 0 Å². The third-order valence-corrected chi connectivity index (χ3v) is 5.08. The lowest BCUT2D eigenvalue weighted by Gasteiger charge is -2.27. The molecule has 2 bridgehead atoms. The average molecular weight is 317 g/mol. The third-order valence-electron chi connectivity index (χ3n) is 5.08. The number of esters is 1. The number of rotatable bonds is 4. The molecule has 4 atom stereocenters. The van der Waals surface area contributed by atoms with Crippen molar-refractivity contribution in [3.05, 3.63) is 29.8 Å². The maximum absolute atomic E-state index is 12.5. The Morgan fingerprint density at radius 1 is 1.09 bits per heavy atom. The normalized spacial score (nSPS) is 28.4. The van der Waals surface area contributed by atoms with Gasteiger partial charge in [0, 0.05) is 5.69 Å². The molecule has 122 valence electrons. The fourth-order valence-electron chi connectivity index (χ4n) is 4.06. The van der Waals surface area contributed by atoms with Gasteiger partial charge in [-0.25, -0.2) is 4.79 Å². The van der Waals surface area contributed by atoms with Gasteiger partial charge in [-0.1, -0.05) is 0 Å². The van der Waals surface area contributed by atoms with E-state index in [1.165, 1.54) is 7.11 Å². The molecule has 2 aliphatic rings. The zero-order chi connectivity index (χ0) is 16.6. The largest absolute Gasteiger partial charge is 0.481 e. The predicted octanol–water partition coefficient (Wildman–Crippen LogP) is 2.16. The van der Waals surface area contributed by atoms with Crippen LogP contribution in [0.4, 0.5) is 5.69 Å². The summed E-state index contributed by atoms with van der Waals surface area (Å²) in [6.45, 7) is 0. The summed E-state index contributed by atoms with van der Waals surface area (Å²) in [4.78, 5) is 35.4. The van der Waals surface area contributed by atoms with Crippen molar-refractivity contribution < 1.29 is 24.2 Å². The molecule has 2 saturated carbocycles. The fourth-order valence-corrected chi connectivity index (χ4v) is 4.06. The number of nitrogens with one attached hydrogen (secondary N) is 1. The number of carboxylic acid groups (broad SMARTS) is 1. The van der Waals surface area contributed by atoms with Gasteiger partial charge in [0.05, 0.1) is 24.5 Å². The Morgan fingerprint density at radius 2 is 1.70 bits per heavy atom. The topological polar surface area (TPSA) is 92.7 Å². The highest BCUT2D eigenvalue weighted by atomic mass is 16.5. The number of benzene rings is 1. The summed E-state index contributed by atoms with van der Waals surface area (Å²) >= 11 is 0. The van der Waals surface area contributed by atoms with Gasteiger partial charge in [-0.15, -0.1) is 0 Å². The number of fused-ring (bicyclic) bond motifs is 2. The number of aliphatic carboxylic acids is 1. The second-order valence-electron chi connectivity index (χ2n) is 6.28. The summed E-state index contributed by atoms with van der Waals surface area (Å²) in [6.07, 6.45) is 2.66. The zero-order valence-corrected chi connectivity index (χ0v) is 12.8. The van der Waals surface area contributed by atoms with Gasteiger partial charge in [0.2, 0.25) is 5.91 Å². The monoisotopic (exact) mass is 317 g/mol. The van der Waals surface area contributed by atoms with E-state index < -0.39 is 23.8 Å². The minimum Gasteiger partial charge on any atom is -0.481 e. The zero-order valence-electron chi connectivity index (χ0n) is 12.8. The van der Waals surface area contributed by atoms with Crippen LogP contribution in [0.3, 0.4) is 0 Å². The molecule has 0 unspecified atom stereocenters. The van der Waals surface area contributed by atoms with Crippen LogP contribution in [0.5, 0.6) is 0 Å². The van der Waals surface area contributed by atoms with E-state index >= 15 is 0 Å². The fraction of sp³-hybridized carbons (Fsp3) is 0.471. The Labute approximate surface area is 133 Å². The Balaban J connectivity index is 1.71. The lowest BCUT2D eigenvalue weighted by atomic mass is 9.78. The molecule has 6 nitrogen and oxygen atoms in total. The highest BCUT2D eigenvalue weighted by Crippen LogP contribution is 2.52. The summed E-state index contributed by atoms with van der Waals surface area (Å²) in [5.41, 5.74) is 0.948. The van der Waals surface area contributed by atoms with E-state index in [-0.39, 0.29) is 17.7 Å². The molecule has 6 heteroatoms. The van der Waals surface area contributed by atoms with Gasteiger partial charge in [-0.2, -0.15) is 0 Å². The van der Waals surface area contributed by atoms with Crippen LogP contribution < -0.4 is 5.32 Å². The van der Waals surface area contributed by atoms with Crippen molar-refractivity contribution in [1.82, 2.24) is 0 Å². The molecule has 2 N–H and O–H groups in total. The number of carbonyl (C=O) groups excluding carboxylic acids is 2. The number of hydrogen-bond donors (Lipinski definition) is 2. The molecular weight excluding hydrogens is 298 g/mol. The first-order valence-electron chi connectivity index (χ1n) is 7.73. The highest BCUT2D eigenvalue weighted by Gasteiger charge is 2.53. The van der Waals surface area contributed by atoms with E-state index in [4.69, 9.17) is 0 Å². The molecule has 0 saturated heterocycles. The number of ether oxygens (including phenoxy) is 1. The maximum Gasteiger partial charge on any atom is 0.337 e. The van der Waals surface area contributed by atoms with Crippen LogP contribution in [-0.4, -0.2) is 30.1 Å². The van der Waals surface area contributed by atoms with Gasteiger partial charge < -0.3 is 15.2 Å². The first-order valence-corrected chi connectivity index (χ1v) is 7.73. The van der Waals surface area contributed by atoms with Crippen molar-refractivity contribution in [2.45, 2.75) is 19.3 Å². The average Bonchev–Trinajstić information content (AvgIpc) is 3.15. The van der Waals surface area contributed by atoms with Crippen molar-refractivity contribution in [2.75, 3.05) is 12.4 Å². The lowest BCUT2D eigenvalue weighted by Crippen LogP contribution is -2.37. The quantitative estimate of drug-likeness (QED) is 0.830. The second-order valence-corrected chi connectivity index (χ2v) is 6.28. The molecule has 0 radical (unpaired) electrons. The SMILES string of the molecule is COC(=O)c1ccc(NC(=O)[C@H]2[C@H]3CC[C@@H](C3)[C@@H]2C(=O)O)cc1. The summed E-state index contributed by atoms with van der Waals surface area (Å²) in [7, 11) is 1.30. The molecule has 0 spiro atoms. The molecule has 0 aromatic heterocycles. The van der Waals surface area contributed by atoms with Crippen LogP contribution in [0.1, 0.15) is 29.6 Å². The Kier molecular flexibility index (Phi) is 4.07. The number of anilines is 1. The van der Waals surface area contributed by atoms with Crippen LogP contribution in [0.2, 0.25) is 0 Å². The van der Waals surface area contributed by atoms with E-state index in [9.17, 15) is 19.5 Å². The van der Waals surface area contributed by atoms with Crippen LogP contribution in [0.25, 0.3) is 0 Å². The van der Waals surface area contributed by atoms with Crippen molar-refractivity contribution >= 4 is 23.5 Å². The number of amides is 1. The van der Waals surface area contributed by atoms with Gasteiger partial charge >= 0.3 is 11.9 Å². The minimum atomic E-state index is -0.876. The maximum atomic E-state index is 12.5. The summed E-state index contributed by atoms with van der Waals surface area (Å²) in [6, 6.07) is 6.37. The Morgan fingerprint density at radius 3 is 2.26 bits per heavy atom. The standard InChI is InChI=1S/C17H19NO5/c1-23-17(22)9-4-6-12(7-5-9)18-15(19)13-10-2-3-11(8-10)14(13)16(20)21/h4-7,10-11,13-14H,2-3,8H2,1H3,(H,18,19)(H,20,21)/t10-,11-,13-,14-/m0/s1. The van der Waals surface area contributed by atoms with Crippen molar-refractivity contribution in [2.24, 2.45) is 23.7 Å². The van der Waals surface area contributed by atoms with Crippen LogP contribution in [-0.2, 0) is 14.3 Å². The number of carbonyl (C=O) groups is 3. The number of hydrogen-bond acceptors (Lipinski definition) is 4. The summed E-state index contributed by atoms with van der Waals surface area (Å²) in [5, 5.41) is 12.2. The Hall–Kier alpha value is -2.37. The van der Waals surface area contributed by atoms with Gasteiger partial charge in [0.25, 0.3) is 0 Å². The summed E-state index contributed by atoms with van der Waals surface area (Å²) < 4.78 is 4.62. The molecule has 1 aromatic rings. The van der Waals surface area contributed by atoms with Crippen molar-refractivity contribution in [3.63, 3.8) is 0 Å². The Bertz CT molecular complexity index is 639. The molecule has 1 amide bonds. The molecule has 2 fully saturated rings. The van der Waals surface area contributed by atoms with E-state index in [0.29, 0.717) is 11.3 Å². The summed E-state index contributed by atoms with van der Waals surface area (Å²) in [5.74, 6) is -2.32. The van der Waals surface area contributed by atoms with Gasteiger partial charge in [-0.05, 0) is 55.4 Å². The van der Waals surface area contributed by atoms with E-state index in [1.54, 1.807) is 24.3 Å². The molecule has 1 aromatic carbocycles. The van der Waals surface area contributed by atoms with Gasteiger partial charge in [0.1, 0.15) is 0 Å². The molecule has 0 aliphatic heterocycles. The molecule has 23 heavy (non-hydrogen) atoms. The van der Waals surface area contributed by atoms with Crippen LogP contribution in [0, 0.1) is 23.7 Å². The van der Waals surface area contributed by atoms with Crippen molar-refractivity contribution in [3.8, 4) is 0 Å². The van der Waals surface area contributed by atoms with Crippen LogP contribution >= 0.6 is 0 Å². The molecule has 0 heterocycles. The molecule has 3 rings (SSSR count). The van der Waals surface area contributed by atoms with E-state index in [2.05, 4.69) is 10.1 Å². The number of carboxylic acids is 1. The first kappa shape index (κ1) is 15.5. The second kappa shape index (κ2) is 6.02.